The van der Waals surface area contributed by atoms with E-state index in [9.17, 15) is 4.79 Å². The van der Waals surface area contributed by atoms with Crippen LogP contribution < -0.4 is 9.47 Å². The maximum absolute atomic E-state index is 12.8. The SMILES string of the molecule is O=C1/C(=C\N2CCN(Cc3ccc4c(c3)OCO4)CC2)SC(=S)N1CC1CCCO1. The maximum atomic E-state index is 12.8. The van der Waals surface area contributed by atoms with Crippen molar-refractivity contribution in [1.29, 1.82) is 0 Å². The van der Waals surface area contributed by atoms with E-state index in [2.05, 4.69) is 21.9 Å². The lowest BCUT2D eigenvalue weighted by Crippen LogP contribution is -2.43. The Morgan fingerprint density at radius 2 is 2.00 bits per heavy atom. The van der Waals surface area contributed by atoms with Crippen LogP contribution in [0.4, 0.5) is 0 Å². The van der Waals surface area contributed by atoms with Crippen molar-refractivity contribution in [3.8, 4) is 11.5 Å². The molecule has 1 aromatic carbocycles. The van der Waals surface area contributed by atoms with Crippen molar-refractivity contribution in [2.75, 3.05) is 46.1 Å². The number of amides is 1. The molecule has 0 radical (unpaired) electrons. The number of carbonyl (C=O) groups excluding carboxylic acids is 1. The average Bonchev–Trinajstić information content (AvgIpc) is 3.48. The summed E-state index contributed by atoms with van der Waals surface area (Å²) < 4.78 is 17.2. The molecule has 0 saturated carbocycles. The third-order valence-electron chi connectivity index (χ3n) is 5.83. The van der Waals surface area contributed by atoms with E-state index in [0.29, 0.717) is 17.7 Å². The van der Waals surface area contributed by atoms with E-state index in [1.165, 1.54) is 17.3 Å². The molecule has 1 unspecified atom stereocenters. The largest absolute Gasteiger partial charge is 0.454 e. The Labute approximate surface area is 185 Å². The maximum Gasteiger partial charge on any atom is 0.267 e. The first-order valence-electron chi connectivity index (χ1n) is 10.4. The van der Waals surface area contributed by atoms with E-state index < -0.39 is 0 Å². The topological polar surface area (TPSA) is 54.5 Å². The molecule has 3 fully saturated rings. The van der Waals surface area contributed by atoms with Crippen molar-refractivity contribution in [1.82, 2.24) is 14.7 Å². The van der Waals surface area contributed by atoms with Gasteiger partial charge in [-0.2, -0.15) is 0 Å². The van der Waals surface area contributed by atoms with Crippen molar-refractivity contribution in [3.63, 3.8) is 0 Å². The molecular weight excluding hydrogens is 422 g/mol. The quantitative estimate of drug-likeness (QED) is 0.504. The Hall–Kier alpha value is -1.81. The van der Waals surface area contributed by atoms with Gasteiger partial charge in [-0.1, -0.05) is 30.0 Å². The molecule has 30 heavy (non-hydrogen) atoms. The number of hydrogen-bond acceptors (Lipinski definition) is 8. The summed E-state index contributed by atoms with van der Waals surface area (Å²) in [5, 5.41) is 0. The normalized spacial score (nSPS) is 25.7. The van der Waals surface area contributed by atoms with Crippen LogP contribution in [0.5, 0.6) is 11.5 Å². The van der Waals surface area contributed by atoms with Crippen LogP contribution in [0.2, 0.25) is 0 Å². The van der Waals surface area contributed by atoms with Gasteiger partial charge in [0.2, 0.25) is 6.79 Å². The van der Waals surface area contributed by atoms with E-state index in [-0.39, 0.29) is 12.0 Å². The van der Waals surface area contributed by atoms with Crippen molar-refractivity contribution < 1.29 is 19.0 Å². The first-order valence-corrected chi connectivity index (χ1v) is 11.6. The fourth-order valence-electron chi connectivity index (χ4n) is 4.15. The lowest BCUT2D eigenvalue weighted by molar-refractivity contribution is -0.123. The number of fused-ring (bicyclic) bond motifs is 1. The Morgan fingerprint density at radius 1 is 1.17 bits per heavy atom. The molecule has 5 rings (SSSR count). The van der Waals surface area contributed by atoms with Crippen LogP contribution in [0.3, 0.4) is 0 Å². The van der Waals surface area contributed by atoms with Gasteiger partial charge < -0.3 is 19.1 Å². The molecular formula is C21H25N3O4S2. The molecule has 0 aromatic heterocycles. The minimum absolute atomic E-state index is 0.0169. The smallest absolute Gasteiger partial charge is 0.267 e. The number of hydrogen-bond donors (Lipinski definition) is 0. The fourth-order valence-corrected chi connectivity index (χ4v) is 5.44. The van der Waals surface area contributed by atoms with Gasteiger partial charge in [-0.05, 0) is 30.5 Å². The molecule has 1 atom stereocenters. The monoisotopic (exact) mass is 447 g/mol. The molecule has 9 heteroatoms. The Balaban J connectivity index is 1.14. The highest BCUT2D eigenvalue weighted by molar-refractivity contribution is 8.26. The van der Waals surface area contributed by atoms with Crippen molar-refractivity contribution in [2.24, 2.45) is 0 Å². The standard InChI is InChI=1S/C21H25N3O4S2/c25-20-19(30-21(29)24(20)12-16-2-1-9-26-16)13-23-7-5-22(6-8-23)11-15-3-4-17-18(10-15)28-14-27-17/h3-4,10,13,16H,1-2,5-9,11-12,14H2/b19-13+. The molecule has 7 nitrogen and oxygen atoms in total. The van der Waals surface area contributed by atoms with Crippen LogP contribution in [0.25, 0.3) is 0 Å². The van der Waals surface area contributed by atoms with E-state index >= 15 is 0 Å². The zero-order valence-corrected chi connectivity index (χ0v) is 18.4. The van der Waals surface area contributed by atoms with E-state index in [4.69, 9.17) is 26.4 Å². The van der Waals surface area contributed by atoms with Gasteiger partial charge in [-0.25, -0.2) is 0 Å². The van der Waals surface area contributed by atoms with Crippen LogP contribution in [0.1, 0.15) is 18.4 Å². The number of thiocarbonyl (C=S) groups is 1. The molecule has 160 valence electrons. The van der Waals surface area contributed by atoms with Crippen LogP contribution in [0, 0.1) is 0 Å². The summed E-state index contributed by atoms with van der Waals surface area (Å²) in [6.07, 6.45) is 4.17. The van der Waals surface area contributed by atoms with Gasteiger partial charge >= 0.3 is 0 Å². The summed E-state index contributed by atoms with van der Waals surface area (Å²) in [4.78, 5) is 19.9. The van der Waals surface area contributed by atoms with Crippen molar-refractivity contribution in [2.45, 2.75) is 25.5 Å². The average molecular weight is 448 g/mol. The summed E-state index contributed by atoms with van der Waals surface area (Å²) in [5.74, 6) is 1.67. The van der Waals surface area contributed by atoms with Crippen molar-refractivity contribution >= 4 is 34.2 Å². The Kier molecular flexibility index (Phi) is 5.86. The number of carbonyl (C=O) groups is 1. The highest BCUT2D eigenvalue weighted by atomic mass is 32.2. The minimum atomic E-state index is 0.0169. The second kappa shape index (κ2) is 8.74. The zero-order chi connectivity index (χ0) is 20.5. The summed E-state index contributed by atoms with van der Waals surface area (Å²) in [6, 6.07) is 6.14. The van der Waals surface area contributed by atoms with E-state index in [1.54, 1.807) is 4.90 Å². The Bertz CT molecular complexity index is 864. The van der Waals surface area contributed by atoms with Crippen LogP contribution in [0.15, 0.2) is 29.3 Å². The van der Waals surface area contributed by atoms with E-state index in [1.807, 2.05) is 12.3 Å². The number of piperazine rings is 1. The molecule has 0 N–H and O–H groups in total. The second-order valence-electron chi connectivity index (χ2n) is 7.91. The lowest BCUT2D eigenvalue weighted by atomic mass is 10.1. The highest BCUT2D eigenvalue weighted by Gasteiger charge is 2.35. The molecule has 1 amide bonds. The number of thioether (sulfide) groups is 1. The summed E-state index contributed by atoms with van der Waals surface area (Å²) >= 11 is 6.85. The first kappa shape index (κ1) is 20.1. The van der Waals surface area contributed by atoms with Gasteiger partial charge in [0.25, 0.3) is 5.91 Å². The van der Waals surface area contributed by atoms with Gasteiger partial charge in [0.15, 0.2) is 11.5 Å². The lowest BCUT2D eigenvalue weighted by Gasteiger charge is -2.34. The molecule has 0 aliphatic carbocycles. The number of benzene rings is 1. The molecule has 0 spiro atoms. The highest BCUT2D eigenvalue weighted by Crippen LogP contribution is 2.34. The number of nitrogens with zero attached hydrogens (tertiary/aromatic N) is 3. The molecule has 3 saturated heterocycles. The van der Waals surface area contributed by atoms with Crippen molar-refractivity contribution in [3.05, 3.63) is 34.9 Å². The number of ether oxygens (including phenoxy) is 3. The molecule has 4 heterocycles. The molecule has 4 aliphatic heterocycles. The minimum Gasteiger partial charge on any atom is -0.454 e. The zero-order valence-electron chi connectivity index (χ0n) is 16.7. The van der Waals surface area contributed by atoms with Crippen LogP contribution in [-0.2, 0) is 16.1 Å². The summed E-state index contributed by atoms with van der Waals surface area (Å²) in [6.45, 7) is 6.21. The Morgan fingerprint density at radius 3 is 2.80 bits per heavy atom. The summed E-state index contributed by atoms with van der Waals surface area (Å²) in [5.41, 5.74) is 1.22. The molecule has 4 aliphatic rings. The predicted molar refractivity (Wildman–Crippen MR) is 118 cm³/mol. The van der Waals surface area contributed by atoms with Gasteiger partial charge in [-0.15, -0.1) is 0 Å². The fraction of sp³-hybridized carbons (Fsp3) is 0.524. The van der Waals surface area contributed by atoms with Gasteiger partial charge in [0.1, 0.15) is 4.32 Å². The van der Waals surface area contributed by atoms with Gasteiger partial charge in [0.05, 0.1) is 17.6 Å². The molecule has 1 aromatic rings. The first-order chi connectivity index (χ1) is 14.7. The van der Waals surface area contributed by atoms with Gasteiger partial charge in [-0.3, -0.25) is 14.6 Å². The second-order valence-corrected chi connectivity index (χ2v) is 9.59. The predicted octanol–water partition coefficient (Wildman–Crippen LogP) is 2.41. The third-order valence-corrected chi connectivity index (χ3v) is 7.20. The summed E-state index contributed by atoms with van der Waals surface area (Å²) in [7, 11) is 0. The van der Waals surface area contributed by atoms with E-state index in [0.717, 1.165) is 68.6 Å². The van der Waals surface area contributed by atoms with Gasteiger partial charge in [0, 0.05) is 45.5 Å². The number of rotatable bonds is 5. The van der Waals surface area contributed by atoms with Crippen LogP contribution >= 0.6 is 24.0 Å². The molecule has 0 bridgehead atoms. The van der Waals surface area contributed by atoms with Crippen LogP contribution in [-0.4, -0.2) is 77.2 Å². The third kappa shape index (κ3) is 4.30.